The van der Waals surface area contributed by atoms with Crippen LogP contribution in [0.15, 0.2) is 24.3 Å². The van der Waals surface area contributed by atoms with Crippen molar-refractivity contribution < 1.29 is 44.2 Å². The second-order valence-electron chi connectivity index (χ2n) is 8.33. The van der Waals surface area contributed by atoms with Crippen LogP contribution in [0.5, 0.6) is 5.75 Å². The first-order chi connectivity index (χ1) is 14.2. The summed E-state index contributed by atoms with van der Waals surface area (Å²) in [6.45, 7) is 4.40. The largest absolute Gasteiger partial charge is 1.00 e. The number of aryl methyl sites for hydroxylation is 1. The van der Waals surface area contributed by atoms with Crippen LogP contribution in [0.2, 0.25) is 0 Å². The summed E-state index contributed by atoms with van der Waals surface area (Å²) < 4.78 is 6.07. The first-order valence-electron chi connectivity index (χ1n) is 12.1. The van der Waals surface area contributed by atoms with Gasteiger partial charge in [0, 0.05) is 5.97 Å². The Balaban J connectivity index is 0.00000841. The monoisotopic (exact) mass is 426 g/mol. The summed E-state index contributed by atoms with van der Waals surface area (Å²) in [5, 5.41) is 10.8. The summed E-state index contributed by atoms with van der Waals surface area (Å²) in [5.74, 6) is -0.154. The van der Waals surface area contributed by atoms with E-state index in [0.717, 1.165) is 25.0 Å². The van der Waals surface area contributed by atoms with Gasteiger partial charge in [0.2, 0.25) is 0 Å². The Hall–Kier alpha value is -0.510. The zero-order valence-corrected chi connectivity index (χ0v) is 21.9. The van der Waals surface area contributed by atoms with Crippen molar-refractivity contribution in [2.75, 3.05) is 0 Å². The Morgan fingerprint density at radius 1 is 0.800 bits per heavy atom. The van der Waals surface area contributed by atoms with E-state index in [9.17, 15) is 9.90 Å². The standard InChI is InChI=1S/C26H44O3.Na/c1-3-5-6-7-8-9-10-11-12-13-14-15-16-24(21-22-26(27)28)29-25-19-17-23(4-2)18-20-25;/h17-20,24H,3-16,21-22H2,1-2H3,(H,27,28);/q;+1/p-1. The molecular formula is C26H43NaO3. The molecule has 3 nitrogen and oxygen atoms in total. The Morgan fingerprint density at radius 2 is 1.30 bits per heavy atom. The van der Waals surface area contributed by atoms with Gasteiger partial charge >= 0.3 is 29.6 Å². The van der Waals surface area contributed by atoms with Crippen LogP contribution < -0.4 is 39.4 Å². The number of rotatable bonds is 19. The van der Waals surface area contributed by atoms with Crippen LogP contribution >= 0.6 is 0 Å². The Kier molecular flexibility index (Phi) is 20.0. The molecule has 1 rings (SSSR count). The third kappa shape index (κ3) is 16.2. The van der Waals surface area contributed by atoms with Crippen molar-refractivity contribution >= 4 is 5.97 Å². The number of hydrogen-bond acceptors (Lipinski definition) is 3. The molecule has 0 radical (unpaired) electrons. The fourth-order valence-electron chi connectivity index (χ4n) is 3.75. The number of carboxylic acids is 1. The molecule has 0 saturated carbocycles. The SMILES string of the molecule is CCCCCCCCCCCCCCC(CCC(=O)[O-])Oc1ccc(CC)cc1.[Na+]. The van der Waals surface area contributed by atoms with E-state index in [0.29, 0.717) is 6.42 Å². The smallest absolute Gasteiger partial charge is 0.550 e. The topological polar surface area (TPSA) is 49.4 Å². The number of unbranched alkanes of at least 4 members (excludes halogenated alkanes) is 11. The first kappa shape index (κ1) is 29.5. The Bertz CT molecular complexity index is 516. The predicted octanol–water partition coefficient (Wildman–Crippen LogP) is 3.62. The first-order valence-corrected chi connectivity index (χ1v) is 12.1. The average molecular weight is 427 g/mol. The normalized spacial score (nSPS) is 11.7. The van der Waals surface area contributed by atoms with Crippen LogP contribution in [0.25, 0.3) is 0 Å². The van der Waals surface area contributed by atoms with Gasteiger partial charge in [0.15, 0.2) is 0 Å². The van der Waals surface area contributed by atoms with Gasteiger partial charge in [-0.25, -0.2) is 0 Å². The summed E-state index contributed by atoms with van der Waals surface area (Å²) in [6.07, 6.45) is 18.4. The van der Waals surface area contributed by atoms with Crippen molar-refractivity contribution in [3.63, 3.8) is 0 Å². The van der Waals surface area contributed by atoms with Crippen molar-refractivity contribution in [1.29, 1.82) is 0 Å². The van der Waals surface area contributed by atoms with Gasteiger partial charge < -0.3 is 14.6 Å². The molecule has 0 heterocycles. The molecule has 0 amide bonds. The van der Waals surface area contributed by atoms with Crippen LogP contribution in [-0.2, 0) is 11.2 Å². The summed E-state index contributed by atoms with van der Waals surface area (Å²) in [7, 11) is 0. The minimum Gasteiger partial charge on any atom is -0.550 e. The zero-order chi connectivity index (χ0) is 21.2. The van der Waals surface area contributed by atoms with Crippen molar-refractivity contribution in [2.24, 2.45) is 0 Å². The molecule has 0 aliphatic heterocycles. The molecule has 0 spiro atoms. The van der Waals surface area contributed by atoms with E-state index in [-0.39, 0.29) is 42.1 Å². The fourth-order valence-corrected chi connectivity index (χ4v) is 3.75. The van der Waals surface area contributed by atoms with Gasteiger partial charge in [-0.05, 0) is 49.8 Å². The van der Waals surface area contributed by atoms with E-state index >= 15 is 0 Å². The van der Waals surface area contributed by atoms with E-state index in [4.69, 9.17) is 4.74 Å². The van der Waals surface area contributed by atoms with Crippen LogP contribution in [-0.4, -0.2) is 12.1 Å². The Labute approximate surface area is 207 Å². The number of aliphatic carboxylic acids is 1. The molecular weight excluding hydrogens is 383 g/mol. The van der Waals surface area contributed by atoms with E-state index < -0.39 is 5.97 Å². The minimum absolute atomic E-state index is 0. The molecule has 166 valence electrons. The molecule has 0 aliphatic carbocycles. The number of carbonyl (C=O) groups is 1. The van der Waals surface area contributed by atoms with Gasteiger partial charge in [-0.2, -0.15) is 0 Å². The van der Waals surface area contributed by atoms with E-state index in [1.165, 1.54) is 76.2 Å². The number of benzene rings is 1. The molecule has 0 bridgehead atoms. The van der Waals surface area contributed by atoms with Gasteiger partial charge in [0.1, 0.15) is 5.75 Å². The van der Waals surface area contributed by atoms with Gasteiger partial charge in [-0.15, -0.1) is 0 Å². The molecule has 30 heavy (non-hydrogen) atoms. The number of carbonyl (C=O) groups excluding carboxylic acids is 1. The van der Waals surface area contributed by atoms with Crippen molar-refractivity contribution in [3.8, 4) is 5.75 Å². The maximum absolute atomic E-state index is 10.8. The van der Waals surface area contributed by atoms with Crippen molar-refractivity contribution in [2.45, 2.75) is 123 Å². The third-order valence-corrected chi connectivity index (χ3v) is 5.68. The molecule has 0 fully saturated rings. The van der Waals surface area contributed by atoms with E-state index in [2.05, 4.69) is 26.0 Å². The van der Waals surface area contributed by atoms with Crippen LogP contribution in [0.1, 0.15) is 116 Å². The van der Waals surface area contributed by atoms with Crippen molar-refractivity contribution in [3.05, 3.63) is 29.8 Å². The molecule has 1 aromatic rings. The van der Waals surface area contributed by atoms with Gasteiger partial charge in [-0.3, -0.25) is 0 Å². The van der Waals surface area contributed by atoms with Gasteiger partial charge in [0.05, 0.1) is 6.10 Å². The van der Waals surface area contributed by atoms with Crippen molar-refractivity contribution in [1.82, 2.24) is 0 Å². The molecule has 1 unspecified atom stereocenters. The van der Waals surface area contributed by atoms with Crippen LogP contribution in [0.3, 0.4) is 0 Å². The third-order valence-electron chi connectivity index (χ3n) is 5.68. The molecule has 0 saturated heterocycles. The summed E-state index contributed by atoms with van der Waals surface area (Å²) in [5.41, 5.74) is 1.28. The quantitative estimate of drug-likeness (QED) is 0.251. The maximum Gasteiger partial charge on any atom is 1.00 e. The zero-order valence-electron chi connectivity index (χ0n) is 19.9. The number of hydrogen-bond donors (Lipinski definition) is 0. The van der Waals surface area contributed by atoms with E-state index in [1.54, 1.807) is 0 Å². The van der Waals surface area contributed by atoms with Crippen LogP contribution in [0.4, 0.5) is 0 Å². The molecule has 0 N–H and O–H groups in total. The summed E-state index contributed by atoms with van der Waals surface area (Å²) in [6, 6.07) is 8.14. The van der Waals surface area contributed by atoms with Gasteiger partial charge in [0.25, 0.3) is 0 Å². The minimum atomic E-state index is -0.991. The molecule has 4 heteroatoms. The second kappa shape index (κ2) is 20.4. The molecule has 1 aromatic carbocycles. The Morgan fingerprint density at radius 3 is 1.77 bits per heavy atom. The van der Waals surface area contributed by atoms with Crippen LogP contribution in [0, 0.1) is 0 Å². The fraction of sp³-hybridized carbons (Fsp3) is 0.731. The molecule has 0 aromatic heterocycles. The molecule has 0 aliphatic rings. The maximum atomic E-state index is 10.8. The average Bonchev–Trinajstić information content (AvgIpc) is 2.73. The van der Waals surface area contributed by atoms with Gasteiger partial charge in [-0.1, -0.05) is 96.6 Å². The number of carboxylic acid groups (broad SMARTS) is 1. The number of ether oxygens (including phenoxy) is 1. The van der Waals surface area contributed by atoms with E-state index in [1.807, 2.05) is 12.1 Å². The second-order valence-corrected chi connectivity index (χ2v) is 8.33. The predicted molar refractivity (Wildman–Crippen MR) is 120 cm³/mol. The summed E-state index contributed by atoms with van der Waals surface area (Å²) in [4.78, 5) is 10.8. The summed E-state index contributed by atoms with van der Waals surface area (Å²) >= 11 is 0. The molecule has 1 atom stereocenters.